The molecule has 3 aliphatic rings. The molecule has 0 saturated carbocycles. The summed E-state index contributed by atoms with van der Waals surface area (Å²) in [5, 5.41) is 0. The average molecular weight is 394 g/mol. The molecule has 1 aromatic rings. The van der Waals surface area contributed by atoms with E-state index in [0.717, 1.165) is 16.7 Å². The predicted octanol–water partition coefficient (Wildman–Crippen LogP) is 2.29. The maximum absolute atomic E-state index is 12.2. The van der Waals surface area contributed by atoms with Crippen molar-refractivity contribution in [1.29, 1.82) is 0 Å². The van der Waals surface area contributed by atoms with Gasteiger partial charge in [-0.25, -0.2) is 4.79 Å². The Hall–Kier alpha value is -1.60. The first-order valence-corrected chi connectivity index (χ1v) is 9.06. The van der Waals surface area contributed by atoms with E-state index in [-0.39, 0.29) is 11.7 Å². The standard InChI is InChI=1S/C17H20BrN3O3/c1-11-6-13(18)3-2-12(11)4-5-24-15-7-16-20(17(22)19-15)8-14-9-23-10-21(14)16/h2-3,6-7,11-12,14H,4-5,8-10H2,1H3/t11?,12?,14-/m0/s1. The quantitative estimate of drug-likeness (QED) is 0.785. The molecule has 24 heavy (non-hydrogen) atoms. The molecule has 1 aliphatic carbocycles. The summed E-state index contributed by atoms with van der Waals surface area (Å²) in [6.07, 6.45) is 7.38. The van der Waals surface area contributed by atoms with Gasteiger partial charge in [-0.15, -0.1) is 0 Å². The highest BCUT2D eigenvalue weighted by Gasteiger charge is 2.35. The van der Waals surface area contributed by atoms with Crippen LogP contribution in [0.5, 0.6) is 5.88 Å². The minimum atomic E-state index is -0.241. The number of fused-ring (bicyclic) bond motifs is 3. The molecule has 4 rings (SSSR count). The van der Waals surface area contributed by atoms with Crippen LogP contribution in [0.25, 0.3) is 0 Å². The molecule has 1 fully saturated rings. The second-order valence-corrected chi connectivity index (χ2v) is 7.46. The number of aromatic nitrogens is 2. The lowest BCUT2D eigenvalue weighted by molar-refractivity contribution is 0.189. The van der Waals surface area contributed by atoms with Crippen LogP contribution < -0.4 is 15.3 Å². The number of hydrogen-bond donors (Lipinski definition) is 0. The number of anilines is 1. The van der Waals surface area contributed by atoms with Crippen LogP contribution in [0.15, 0.2) is 33.6 Å². The van der Waals surface area contributed by atoms with Gasteiger partial charge in [0.25, 0.3) is 0 Å². The fraction of sp³-hybridized carbons (Fsp3) is 0.529. The molecule has 128 valence electrons. The zero-order valence-corrected chi connectivity index (χ0v) is 15.1. The SMILES string of the molecule is CC1C=C(Br)C=CC1CCOc1cc2n(c(=O)n1)C[C@H]1COCN21. The molecule has 2 aliphatic heterocycles. The number of nitrogens with zero attached hydrogens (tertiary/aromatic N) is 3. The summed E-state index contributed by atoms with van der Waals surface area (Å²) in [5.74, 6) is 2.17. The number of hydrogen-bond acceptors (Lipinski definition) is 5. The van der Waals surface area contributed by atoms with E-state index in [9.17, 15) is 4.79 Å². The first-order valence-electron chi connectivity index (χ1n) is 8.26. The molecule has 0 amide bonds. The fourth-order valence-corrected chi connectivity index (χ4v) is 4.10. The van der Waals surface area contributed by atoms with Crippen LogP contribution in [-0.4, -0.2) is 35.5 Å². The van der Waals surface area contributed by atoms with Gasteiger partial charge in [0.2, 0.25) is 5.88 Å². The van der Waals surface area contributed by atoms with Crippen LogP contribution in [0.4, 0.5) is 5.82 Å². The number of rotatable bonds is 4. The third kappa shape index (κ3) is 2.91. The van der Waals surface area contributed by atoms with Gasteiger partial charge < -0.3 is 14.4 Å². The smallest absolute Gasteiger partial charge is 0.352 e. The Morgan fingerprint density at radius 1 is 1.50 bits per heavy atom. The normalized spacial score (nSPS) is 27.8. The Labute approximate surface area is 148 Å². The second kappa shape index (κ2) is 6.37. The van der Waals surface area contributed by atoms with Crippen molar-refractivity contribution in [3.05, 3.63) is 39.3 Å². The zero-order valence-electron chi connectivity index (χ0n) is 13.5. The van der Waals surface area contributed by atoms with E-state index < -0.39 is 0 Å². The Morgan fingerprint density at radius 2 is 2.38 bits per heavy atom. The van der Waals surface area contributed by atoms with Crippen molar-refractivity contribution in [2.75, 3.05) is 24.8 Å². The molecule has 3 heterocycles. The molecule has 1 aromatic heterocycles. The molecule has 0 bridgehead atoms. The first kappa shape index (κ1) is 15.9. The van der Waals surface area contributed by atoms with Crippen LogP contribution in [0.2, 0.25) is 0 Å². The molecule has 2 unspecified atom stereocenters. The van der Waals surface area contributed by atoms with E-state index in [1.807, 2.05) is 6.07 Å². The van der Waals surface area contributed by atoms with Crippen molar-refractivity contribution in [2.45, 2.75) is 25.9 Å². The Balaban J connectivity index is 1.41. The second-order valence-electron chi connectivity index (χ2n) is 6.54. The van der Waals surface area contributed by atoms with E-state index in [1.54, 1.807) is 4.57 Å². The monoisotopic (exact) mass is 393 g/mol. The largest absolute Gasteiger partial charge is 0.477 e. The number of allylic oxidation sites excluding steroid dienone is 4. The number of ether oxygens (including phenoxy) is 2. The lowest BCUT2D eigenvalue weighted by Gasteiger charge is -2.21. The number of halogens is 1. The van der Waals surface area contributed by atoms with Gasteiger partial charge in [0.15, 0.2) is 0 Å². The fourth-order valence-electron chi connectivity index (χ4n) is 3.53. The predicted molar refractivity (Wildman–Crippen MR) is 94.5 cm³/mol. The van der Waals surface area contributed by atoms with E-state index in [2.05, 4.69) is 51.0 Å². The summed E-state index contributed by atoms with van der Waals surface area (Å²) in [6.45, 7) is 4.57. The summed E-state index contributed by atoms with van der Waals surface area (Å²) in [7, 11) is 0. The molecule has 7 heteroatoms. The summed E-state index contributed by atoms with van der Waals surface area (Å²) in [6, 6.07) is 2.10. The van der Waals surface area contributed by atoms with E-state index in [0.29, 0.717) is 44.2 Å². The van der Waals surface area contributed by atoms with Gasteiger partial charge in [0.05, 0.1) is 25.8 Å². The third-order valence-electron chi connectivity index (χ3n) is 4.94. The minimum Gasteiger partial charge on any atom is -0.477 e. The van der Waals surface area contributed by atoms with Gasteiger partial charge in [-0.05, 0) is 18.3 Å². The van der Waals surface area contributed by atoms with Crippen LogP contribution >= 0.6 is 15.9 Å². The van der Waals surface area contributed by atoms with Crippen LogP contribution in [-0.2, 0) is 11.3 Å². The molecule has 1 saturated heterocycles. The molecule has 0 spiro atoms. The van der Waals surface area contributed by atoms with Crippen molar-refractivity contribution < 1.29 is 9.47 Å². The maximum atomic E-state index is 12.2. The van der Waals surface area contributed by atoms with Gasteiger partial charge in [-0.3, -0.25) is 4.57 Å². The molecule has 6 nitrogen and oxygen atoms in total. The van der Waals surface area contributed by atoms with Crippen molar-refractivity contribution in [2.24, 2.45) is 11.8 Å². The lowest BCUT2D eigenvalue weighted by atomic mass is 9.88. The molecule has 0 N–H and O–H groups in total. The summed E-state index contributed by atoms with van der Waals surface area (Å²) in [4.78, 5) is 18.4. The highest BCUT2D eigenvalue weighted by molar-refractivity contribution is 9.11. The Kier molecular flexibility index (Phi) is 4.22. The molecular weight excluding hydrogens is 374 g/mol. The zero-order chi connectivity index (χ0) is 16.7. The van der Waals surface area contributed by atoms with Crippen LogP contribution in [0, 0.1) is 11.8 Å². The summed E-state index contributed by atoms with van der Waals surface area (Å²) < 4.78 is 14.1. The topological polar surface area (TPSA) is 56.6 Å². The third-order valence-corrected chi connectivity index (χ3v) is 5.46. The van der Waals surface area contributed by atoms with Gasteiger partial charge >= 0.3 is 5.69 Å². The highest BCUT2D eigenvalue weighted by Crippen LogP contribution is 2.30. The van der Waals surface area contributed by atoms with Gasteiger partial charge in [0.1, 0.15) is 12.5 Å². The lowest BCUT2D eigenvalue weighted by Crippen LogP contribution is -2.26. The van der Waals surface area contributed by atoms with Gasteiger partial charge in [0, 0.05) is 10.5 Å². The van der Waals surface area contributed by atoms with Gasteiger partial charge in [-0.2, -0.15) is 4.98 Å². The van der Waals surface area contributed by atoms with Crippen LogP contribution in [0.3, 0.4) is 0 Å². The molecule has 0 aromatic carbocycles. The van der Waals surface area contributed by atoms with Crippen LogP contribution in [0.1, 0.15) is 13.3 Å². The summed E-state index contributed by atoms with van der Waals surface area (Å²) >= 11 is 3.50. The first-order chi connectivity index (χ1) is 11.6. The van der Waals surface area contributed by atoms with Crippen molar-refractivity contribution in [3.8, 4) is 5.88 Å². The molecule has 0 radical (unpaired) electrons. The van der Waals surface area contributed by atoms with Crippen molar-refractivity contribution >= 4 is 21.7 Å². The molecular formula is C17H20BrN3O3. The Morgan fingerprint density at radius 3 is 3.21 bits per heavy atom. The van der Waals surface area contributed by atoms with Crippen molar-refractivity contribution in [1.82, 2.24) is 9.55 Å². The van der Waals surface area contributed by atoms with E-state index >= 15 is 0 Å². The van der Waals surface area contributed by atoms with Crippen molar-refractivity contribution in [3.63, 3.8) is 0 Å². The van der Waals surface area contributed by atoms with Gasteiger partial charge in [-0.1, -0.05) is 41.1 Å². The Bertz CT molecular complexity index is 758. The molecule has 3 atom stereocenters. The van der Waals surface area contributed by atoms with E-state index in [1.165, 1.54) is 0 Å². The maximum Gasteiger partial charge on any atom is 0.352 e. The summed E-state index contributed by atoms with van der Waals surface area (Å²) in [5.41, 5.74) is -0.241. The van der Waals surface area contributed by atoms with E-state index in [4.69, 9.17) is 9.47 Å². The minimum absolute atomic E-state index is 0.241. The highest BCUT2D eigenvalue weighted by atomic mass is 79.9. The average Bonchev–Trinajstić information content (AvgIpc) is 3.12.